The number of nitrogens with zero attached hydrogens (tertiary/aromatic N) is 1. The fourth-order valence-corrected chi connectivity index (χ4v) is 3.82. The van der Waals surface area contributed by atoms with E-state index in [4.69, 9.17) is 0 Å². The van der Waals surface area contributed by atoms with E-state index < -0.39 is 0 Å². The van der Waals surface area contributed by atoms with Gasteiger partial charge in [0.05, 0.1) is 12.1 Å². The third kappa shape index (κ3) is 3.08. The van der Waals surface area contributed by atoms with Crippen molar-refractivity contribution in [1.82, 2.24) is 4.90 Å². The maximum absolute atomic E-state index is 12.6. The van der Waals surface area contributed by atoms with E-state index in [0.29, 0.717) is 12.3 Å². The number of hydrogen-bond acceptors (Lipinski definition) is 1. The summed E-state index contributed by atoms with van der Waals surface area (Å²) in [6.07, 6.45) is 4.19. The second kappa shape index (κ2) is 6.31. The number of benzene rings is 1. The van der Waals surface area contributed by atoms with Gasteiger partial charge in [-0.15, -0.1) is 0 Å². The molecule has 0 aromatic heterocycles. The van der Waals surface area contributed by atoms with Crippen LogP contribution in [0.3, 0.4) is 0 Å². The van der Waals surface area contributed by atoms with Crippen LogP contribution in [0.1, 0.15) is 49.1 Å². The molecule has 0 radical (unpaired) electrons. The van der Waals surface area contributed by atoms with Gasteiger partial charge in [-0.05, 0) is 62.1 Å². The summed E-state index contributed by atoms with van der Waals surface area (Å²) in [7, 11) is 0. The van der Waals surface area contributed by atoms with Gasteiger partial charge in [0.25, 0.3) is 0 Å². The molecule has 1 aliphatic carbocycles. The Morgan fingerprint density at radius 2 is 2.05 bits per heavy atom. The number of carbonyl (C=O) groups is 1. The van der Waals surface area contributed by atoms with Gasteiger partial charge in [0.15, 0.2) is 0 Å². The Balaban J connectivity index is 1.60. The zero-order valence-electron chi connectivity index (χ0n) is 13.1. The summed E-state index contributed by atoms with van der Waals surface area (Å²) >= 11 is 3.54. The van der Waals surface area contributed by atoms with E-state index in [2.05, 4.69) is 41.1 Å². The van der Waals surface area contributed by atoms with Crippen LogP contribution in [-0.4, -0.2) is 30.6 Å². The van der Waals surface area contributed by atoms with Crippen molar-refractivity contribution in [3.8, 4) is 0 Å². The molecule has 1 aromatic rings. The molecule has 1 amide bonds. The Kier molecular flexibility index (Phi) is 4.58. The van der Waals surface area contributed by atoms with Gasteiger partial charge >= 0.3 is 0 Å². The molecule has 2 fully saturated rings. The molecule has 1 heterocycles. The maximum Gasteiger partial charge on any atom is 0.228 e. The normalized spacial score (nSPS) is 21.0. The van der Waals surface area contributed by atoms with Gasteiger partial charge in [0.2, 0.25) is 5.91 Å². The summed E-state index contributed by atoms with van der Waals surface area (Å²) < 4.78 is 13.8. The molecule has 1 aliphatic heterocycles. The second-order valence-electron chi connectivity index (χ2n) is 6.79. The minimum Gasteiger partial charge on any atom is -0.342 e. The summed E-state index contributed by atoms with van der Waals surface area (Å²) in [5.41, 5.74) is 2.30. The lowest BCUT2D eigenvalue weighted by Crippen LogP contribution is -2.42. The first-order chi connectivity index (χ1) is 10.6. The lowest BCUT2D eigenvalue weighted by molar-refractivity contribution is -0.138. The number of halogens is 2. The fourth-order valence-electron chi connectivity index (χ4n) is 3.58. The Morgan fingerprint density at radius 3 is 2.59 bits per heavy atom. The molecule has 0 N–H and O–H groups in total. The van der Waals surface area contributed by atoms with E-state index in [1.165, 1.54) is 11.1 Å². The van der Waals surface area contributed by atoms with Gasteiger partial charge < -0.3 is 4.90 Å². The minimum atomic E-state index is -0.375. The predicted octanol–water partition coefficient (Wildman–Crippen LogP) is 4.60. The Labute approximate surface area is 140 Å². The van der Waals surface area contributed by atoms with Crippen LogP contribution in [-0.2, 0) is 4.79 Å². The van der Waals surface area contributed by atoms with Crippen molar-refractivity contribution >= 4 is 21.8 Å². The molecule has 4 heteroatoms. The first kappa shape index (κ1) is 16.0. The minimum absolute atomic E-state index is 0.204. The molecule has 1 saturated heterocycles. The first-order valence-corrected chi connectivity index (χ1v) is 8.96. The number of hydrogen-bond donors (Lipinski definition) is 0. The van der Waals surface area contributed by atoms with Gasteiger partial charge in [-0.25, -0.2) is 0 Å². The van der Waals surface area contributed by atoms with Gasteiger partial charge in [0.1, 0.15) is 0 Å². The largest absolute Gasteiger partial charge is 0.342 e. The molecule has 120 valence electrons. The van der Waals surface area contributed by atoms with Gasteiger partial charge in [-0.1, -0.05) is 28.1 Å². The van der Waals surface area contributed by atoms with E-state index in [-0.39, 0.29) is 18.0 Å². The number of piperidine rings is 1. The number of alkyl halides is 1. The van der Waals surface area contributed by atoms with Crippen LogP contribution < -0.4 is 0 Å². The zero-order chi connectivity index (χ0) is 15.7. The summed E-state index contributed by atoms with van der Waals surface area (Å²) in [6.45, 7) is 3.36. The monoisotopic (exact) mass is 367 g/mol. The number of likely N-dealkylation sites (tertiary alicyclic amines) is 1. The van der Waals surface area contributed by atoms with Crippen LogP contribution in [0, 0.1) is 12.3 Å². The van der Waals surface area contributed by atoms with E-state index in [0.717, 1.165) is 43.2 Å². The van der Waals surface area contributed by atoms with E-state index in [9.17, 15) is 9.18 Å². The van der Waals surface area contributed by atoms with Crippen LogP contribution in [0.25, 0.3) is 0 Å². The van der Waals surface area contributed by atoms with Crippen molar-refractivity contribution < 1.29 is 9.18 Å². The third-order valence-corrected chi connectivity index (χ3v) is 6.21. The van der Waals surface area contributed by atoms with E-state index in [1.54, 1.807) is 0 Å². The highest BCUT2D eigenvalue weighted by atomic mass is 79.9. The van der Waals surface area contributed by atoms with E-state index in [1.807, 2.05) is 4.90 Å². The van der Waals surface area contributed by atoms with Gasteiger partial charge in [-0.3, -0.25) is 9.18 Å². The predicted molar refractivity (Wildman–Crippen MR) is 89.7 cm³/mol. The molecular formula is C18H23BrFNO. The van der Waals surface area contributed by atoms with Crippen LogP contribution in [0.4, 0.5) is 4.39 Å². The Hall–Kier alpha value is -0.900. The zero-order valence-corrected chi connectivity index (χ0v) is 14.7. The highest BCUT2D eigenvalue weighted by molar-refractivity contribution is 9.10. The second-order valence-corrected chi connectivity index (χ2v) is 7.65. The van der Waals surface area contributed by atoms with Crippen molar-refractivity contribution in [3.63, 3.8) is 0 Å². The molecule has 0 unspecified atom stereocenters. The maximum atomic E-state index is 12.6. The van der Waals surface area contributed by atoms with E-state index >= 15 is 0 Å². The highest BCUT2D eigenvalue weighted by Crippen LogP contribution is 2.50. The molecule has 1 saturated carbocycles. The van der Waals surface area contributed by atoms with Crippen LogP contribution >= 0.6 is 15.9 Å². The molecule has 2 nitrogen and oxygen atoms in total. The van der Waals surface area contributed by atoms with Crippen molar-refractivity contribution in [2.45, 2.75) is 44.9 Å². The smallest absolute Gasteiger partial charge is 0.228 e. The Bertz CT molecular complexity index is 562. The topological polar surface area (TPSA) is 20.3 Å². The molecule has 0 atom stereocenters. The number of aryl methyl sites for hydroxylation is 1. The van der Waals surface area contributed by atoms with Crippen molar-refractivity contribution in [2.24, 2.45) is 5.41 Å². The molecule has 0 bridgehead atoms. The number of rotatable bonds is 4. The third-order valence-electron chi connectivity index (χ3n) is 5.32. The van der Waals surface area contributed by atoms with Crippen molar-refractivity contribution in [1.29, 1.82) is 0 Å². The number of carbonyl (C=O) groups excluding carboxylic acids is 1. The molecule has 1 aromatic carbocycles. The Morgan fingerprint density at radius 1 is 1.36 bits per heavy atom. The average Bonchev–Trinajstić information content (AvgIpc) is 3.31. The molecule has 0 spiro atoms. The van der Waals surface area contributed by atoms with Crippen LogP contribution in [0.5, 0.6) is 0 Å². The molecular weight excluding hydrogens is 345 g/mol. The summed E-state index contributed by atoms with van der Waals surface area (Å²) in [5, 5.41) is 0. The quantitative estimate of drug-likeness (QED) is 0.761. The lowest BCUT2D eigenvalue weighted by Gasteiger charge is -2.34. The molecule has 2 aliphatic rings. The van der Waals surface area contributed by atoms with Crippen molar-refractivity contribution in [3.05, 3.63) is 33.8 Å². The standard InChI is InChI=1S/C18H23BrFNO/c1-13-12-15(2-3-16(13)19)14-4-10-21(11-5-14)17(22)18(6-7-18)8-9-20/h2-3,12,14H,4-11H2,1H3. The summed E-state index contributed by atoms with van der Waals surface area (Å²) in [4.78, 5) is 14.5. The average molecular weight is 368 g/mol. The SMILES string of the molecule is Cc1cc(C2CCN(C(=O)C3(CCF)CC3)CC2)ccc1Br. The summed E-state index contributed by atoms with van der Waals surface area (Å²) in [6, 6.07) is 6.55. The van der Waals surface area contributed by atoms with Crippen molar-refractivity contribution in [2.75, 3.05) is 19.8 Å². The van der Waals surface area contributed by atoms with Gasteiger partial charge in [0, 0.05) is 17.6 Å². The number of amides is 1. The molecule has 3 rings (SSSR count). The fraction of sp³-hybridized carbons (Fsp3) is 0.611. The van der Waals surface area contributed by atoms with Crippen LogP contribution in [0.15, 0.2) is 22.7 Å². The first-order valence-electron chi connectivity index (χ1n) is 8.17. The highest BCUT2D eigenvalue weighted by Gasteiger charge is 2.51. The van der Waals surface area contributed by atoms with Crippen LogP contribution in [0.2, 0.25) is 0 Å². The summed E-state index contributed by atoms with van der Waals surface area (Å²) in [5.74, 6) is 0.739. The molecule has 22 heavy (non-hydrogen) atoms. The van der Waals surface area contributed by atoms with Gasteiger partial charge in [-0.2, -0.15) is 0 Å². The lowest BCUT2D eigenvalue weighted by atomic mass is 9.88.